The monoisotopic (exact) mass is 319 g/mol. The van der Waals surface area contributed by atoms with E-state index in [1.807, 2.05) is 6.92 Å². The lowest BCUT2D eigenvalue weighted by Gasteiger charge is -2.26. The molecule has 2 atom stereocenters. The zero-order chi connectivity index (χ0) is 15.6. The van der Waals surface area contributed by atoms with Crippen LogP contribution in [0.4, 0.5) is 13.2 Å². The molecule has 1 saturated heterocycles. The van der Waals surface area contributed by atoms with Gasteiger partial charge >= 0.3 is 5.51 Å². The molecule has 1 aliphatic rings. The topological polar surface area (TPSA) is 40.5 Å². The van der Waals surface area contributed by atoms with E-state index >= 15 is 0 Å². The summed E-state index contributed by atoms with van der Waals surface area (Å²) in [6.45, 7) is 2.20. The summed E-state index contributed by atoms with van der Waals surface area (Å²) >= 11 is -0.286. The summed E-state index contributed by atoms with van der Waals surface area (Å²) in [5, 5.41) is 9.38. The van der Waals surface area contributed by atoms with Gasteiger partial charge in [-0.2, -0.15) is 13.2 Å². The number of benzene rings is 1. The lowest BCUT2D eigenvalue weighted by Crippen LogP contribution is -2.40. The molecule has 0 aromatic heterocycles. The Bertz CT molecular complexity index is 521. The molecule has 1 heterocycles. The van der Waals surface area contributed by atoms with Crippen LogP contribution < -0.4 is 0 Å². The molecular weight excluding hydrogens is 303 g/mol. The van der Waals surface area contributed by atoms with Gasteiger partial charge in [0.15, 0.2) is 0 Å². The number of carbonyl (C=O) groups is 1. The second-order valence-corrected chi connectivity index (χ2v) is 6.17. The second-order valence-electron chi connectivity index (χ2n) is 5.06. The molecule has 116 valence electrons. The van der Waals surface area contributed by atoms with Crippen LogP contribution in [0.15, 0.2) is 29.2 Å². The first-order valence-corrected chi connectivity index (χ1v) is 7.41. The van der Waals surface area contributed by atoms with Gasteiger partial charge in [0.1, 0.15) is 0 Å². The normalized spacial score (nSPS) is 22.6. The summed E-state index contributed by atoms with van der Waals surface area (Å²) in [4.78, 5) is 13.9. The highest BCUT2D eigenvalue weighted by atomic mass is 32.2. The fourth-order valence-corrected chi connectivity index (χ4v) is 3.21. The molecule has 1 aromatic rings. The van der Waals surface area contributed by atoms with E-state index in [-0.39, 0.29) is 40.8 Å². The van der Waals surface area contributed by atoms with Gasteiger partial charge in [0.25, 0.3) is 5.91 Å². The lowest BCUT2D eigenvalue weighted by molar-refractivity contribution is -0.0328. The smallest absolute Gasteiger partial charge is 0.394 e. The van der Waals surface area contributed by atoms with Crippen LogP contribution in [-0.4, -0.2) is 40.6 Å². The van der Waals surface area contributed by atoms with E-state index in [2.05, 4.69) is 0 Å². The highest BCUT2D eigenvalue weighted by Gasteiger charge is 2.36. The minimum absolute atomic E-state index is 0.0346. The van der Waals surface area contributed by atoms with Crippen molar-refractivity contribution in [2.75, 3.05) is 13.2 Å². The minimum Gasteiger partial charge on any atom is -0.394 e. The zero-order valence-electron chi connectivity index (χ0n) is 11.4. The van der Waals surface area contributed by atoms with E-state index in [1.165, 1.54) is 23.1 Å². The van der Waals surface area contributed by atoms with Crippen molar-refractivity contribution in [3.63, 3.8) is 0 Å². The highest BCUT2D eigenvalue weighted by Crippen LogP contribution is 2.39. The molecule has 3 nitrogen and oxygen atoms in total. The Kier molecular flexibility index (Phi) is 4.83. The first-order valence-electron chi connectivity index (χ1n) is 6.60. The van der Waals surface area contributed by atoms with Crippen LogP contribution in [0.25, 0.3) is 0 Å². The minimum atomic E-state index is -4.44. The van der Waals surface area contributed by atoms with Crippen molar-refractivity contribution in [3.05, 3.63) is 29.8 Å². The van der Waals surface area contributed by atoms with Gasteiger partial charge in [-0.3, -0.25) is 4.79 Å². The van der Waals surface area contributed by atoms with Crippen LogP contribution in [0.1, 0.15) is 23.7 Å². The molecule has 1 N–H and O–H groups in total. The molecule has 2 rings (SSSR count). The van der Waals surface area contributed by atoms with Gasteiger partial charge in [-0.05, 0) is 36.2 Å². The number of nitrogens with zero attached hydrogens (tertiary/aromatic N) is 1. The number of aliphatic hydroxyl groups excluding tert-OH is 1. The Morgan fingerprint density at radius 1 is 1.43 bits per heavy atom. The Labute approximate surface area is 125 Å². The average Bonchev–Trinajstić information content (AvgIpc) is 2.78. The average molecular weight is 319 g/mol. The van der Waals surface area contributed by atoms with Crippen molar-refractivity contribution in [1.29, 1.82) is 0 Å². The predicted molar refractivity (Wildman–Crippen MR) is 74.0 cm³/mol. The van der Waals surface area contributed by atoms with Crippen LogP contribution in [0, 0.1) is 5.92 Å². The number of aliphatic hydroxyl groups is 1. The second kappa shape index (κ2) is 6.27. The van der Waals surface area contributed by atoms with E-state index in [4.69, 9.17) is 0 Å². The van der Waals surface area contributed by atoms with Crippen molar-refractivity contribution in [3.8, 4) is 0 Å². The number of rotatable bonds is 3. The van der Waals surface area contributed by atoms with Crippen LogP contribution in [0.5, 0.6) is 0 Å². The number of hydrogen-bond donors (Lipinski definition) is 1. The van der Waals surface area contributed by atoms with E-state index < -0.39 is 11.4 Å². The van der Waals surface area contributed by atoms with Crippen molar-refractivity contribution in [2.45, 2.75) is 29.8 Å². The van der Waals surface area contributed by atoms with Crippen molar-refractivity contribution in [1.82, 2.24) is 4.90 Å². The number of carbonyl (C=O) groups excluding carboxylic acids is 1. The summed E-state index contributed by atoms with van der Waals surface area (Å²) < 4.78 is 37.7. The van der Waals surface area contributed by atoms with Crippen LogP contribution in [-0.2, 0) is 0 Å². The van der Waals surface area contributed by atoms with Gasteiger partial charge in [0.2, 0.25) is 0 Å². The van der Waals surface area contributed by atoms with Crippen molar-refractivity contribution in [2.24, 2.45) is 5.92 Å². The van der Waals surface area contributed by atoms with Crippen LogP contribution >= 0.6 is 11.8 Å². The number of amides is 1. The van der Waals surface area contributed by atoms with Crippen molar-refractivity contribution >= 4 is 17.7 Å². The maximum Gasteiger partial charge on any atom is 0.446 e. The maximum atomic E-state index is 12.6. The van der Waals surface area contributed by atoms with Crippen LogP contribution in [0.2, 0.25) is 0 Å². The first-order chi connectivity index (χ1) is 9.83. The SMILES string of the molecule is CC1CCN(C(=O)c2ccccc2SC(F)(F)F)C1CO. The number of alkyl halides is 3. The molecule has 2 unspecified atom stereocenters. The molecular formula is C14H16F3NO2S. The van der Waals surface area contributed by atoms with Crippen molar-refractivity contribution < 1.29 is 23.1 Å². The van der Waals surface area contributed by atoms with Crippen LogP contribution in [0.3, 0.4) is 0 Å². The fraction of sp³-hybridized carbons (Fsp3) is 0.500. The third-order valence-corrected chi connectivity index (χ3v) is 4.48. The first kappa shape index (κ1) is 16.2. The lowest BCUT2D eigenvalue weighted by atomic mass is 10.0. The Hall–Kier alpha value is -1.21. The fourth-order valence-electron chi connectivity index (χ4n) is 2.55. The van der Waals surface area contributed by atoms with Gasteiger partial charge in [-0.25, -0.2) is 0 Å². The number of halogens is 3. The quantitative estimate of drug-likeness (QED) is 0.870. The third-order valence-electron chi connectivity index (χ3n) is 3.67. The summed E-state index contributed by atoms with van der Waals surface area (Å²) in [5.41, 5.74) is -4.40. The highest BCUT2D eigenvalue weighted by molar-refractivity contribution is 8.00. The largest absolute Gasteiger partial charge is 0.446 e. The molecule has 1 aliphatic heterocycles. The molecule has 21 heavy (non-hydrogen) atoms. The van der Waals surface area contributed by atoms with Gasteiger partial charge in [0.05, 0.1) is 18.2 Å². The van der Waals surface area contributed by atoms with E-state index in [0.29, 0.717) is 6.54 Å². The number of thioether (sulfide) groups is 1. The Balaban J connectivity index is 2.27. The molecule has 0 aliphatic carbocycles. The van der Waals surface area contributed by atoms with E-state index in [9.17, 15) is 23.1 Å². The molecule has 0 spiro atoms. The van der Waals surface area contributed by atoms with Gasteiger partial charge in [-0.1, -0.05) is 19.1 Å². The van der Waals surface area contributed by atoms with E-state index in [0.717, 1.165) is 6.42 Å². The van der Waals surface area contributed by atoms with E-state index in [1.54, 1.807) is 6.07 Å². The van der Waals surface area contributed by atoms with Gasteiger partial charge in [0, 0.05) is 11.4 Å². The Morgan fingerprint density at radius 3 is 2.71 bits per heavy atom. The zero-order valence-corrected chi connectivity index (χ0v) is 12.2. The molecule has 1 amide bonds. The summed E-state index contributed by atoms with van der Waals surface area (Å²) in [5.74, 6) is -0.313. The molecule has 0 bridgehead atoms. The summed E-state index contributed by atoms with van der Waals surface area (Å²) in [6, 6.07) is 5.37. The Morgan fingerprint density at radius 2 is 2.10 bits per heavy atom. The summed E-state index contributed by atoms with van der Waals surface area (Å²) in [7, 11) is 0. The number of hydrogen-bond acceptors (Lipinski definition) is 3. The molecule has 1 fully saturated rings. The standard InChI is InChI=1S/C14H16F3NO2S/c1-9-6-7-18(11(9)8-19)13(20)10-4-2-3-5-12(10)21-14(15,16)17/h2-5,9,11,19H,6-8H2,1H3. The molecule has 0 saturated carbocycles. The molecule has 1 aromatic carbocycles. The predicted octanol–water partition coefficient (Wildman–Crippen LogP) is 3.14. The third kappa shape index (κ3) is 3.71. The van der Waals surface area contributed by atoms with Gasteiger partial charge < -0.3 is 10.0 Å². The molecule has 7 heteroatoms. The molecule has 0 radical (unpaired) electrons. The van der Waals surface area contributed by atoms with Gasteiger partial charge in [-0.15, -0.1) is 0 Å². The number of likely N-dealkylation sites (tertiary alicyclic amines) is 1. The maximum absolute atomic E-state index is 12.6. The summed E-state index contributed by atoms with van der Waals surface area (Å²) in [6.07, 6.45) is 0.742.